The van der Waals surface area contributed by atoms with Gasteiger partial charge in [0.1, 0.15) is 22.1 Å². The number of aryl methyl sites for hydroxylation is 2. The van der Waals surface area contributed by atoms with E-state index in [2.05, 4.69) is 46.2 Å². The van der Waals surface area contributed by atoms with Crippen molar-refractivity contribution in [2.45, 2.75) is 95.2 Å². The van der Waals surface area contributed by atoms with Gasteiger partial charge in [-0.2, -0.15) is 0 Å². The molecule has 0 spiro atoms. The third-order valence-electron chi connectivity index (χ3n) is 8.68. The zero-order valence-electron chi connectivity index (χ0n) is 22.8. The highest BCUT2D eigenvalue weighted by Crippen LogP contribution is 2.56. The molecule has 5 atom stereocenters. The predicted molar refractivity (Wildman–Crippen MR) is 150 cm³/mol. The van der Waals surface area contributed by atoms with Crippen molar-refractivity contribution in [3.8, 4) is 0 Å². The summed E-state index contributed by atoms with van der Waals surface area (Å²) in [7, 11) is 2.14. The lowest BCUT2D eigenvalue weighted by molar-refractivity contribution is 0.00547. The minimum atomic E-state index is -0.467. The van der Waals surface area contributed by atoms with Crippen LogP contribution in [0.1, 0.15) is 93.5 Å². The van der Waals surface area contributed by atoms with Crippen LogP contribution in [-0.2, 0) is 11.8 Å². The standard InChI is InChI=1S/C30H35N5O2S/c1-16-31-26(21-10-11-38-28(21)32-16)23-15-22(23)17-6-9-25-24(14-17)33-27(34(25)5)18-12-19-7-8-20(13-18)35(19)29(36)37-30(2,3)4/h6,9-11,14,18-20,22-23H,7-8,12-13,15H2,1-5H3/t18?,19-,20+,22?,23?. The molecule has 2 saturated heterocycles. The Hall–Kier alpha value is -3.00. The van der Waals surface area contributed by atoms with E-state index in [1.54, 1.807) is 11.3 Å². The molecule has 4 aromatic rings. The molecular formula is C30H35N5O2S. The maximum absolute atomic E-state index is 12.9. The highest BCUT2D eigenvalue weighted by Gasteiger charge is 2.46. The van der Waals surface area contributed by atoms with Crippen molar-refractivity contribution in [1.82, 2.24) is 24.4 Å². The molecule has 3 aliphatic rings. The molecule has 7 rings (SSSR count). The molecule has 0 radical (unpaired) electrons. The molecule has 5 heterocycles. The largest absolute Gasteiger partial charge is 0.444 e. The van der Waals surface area contributed by atoms with Gasteiger partial charge in [-0.05, 0) is 94.9 Å². The molecule has 3 aromatic heterocycles. The minimum absolute atomic E-state index is 0.157. The van der Waals surface area contributed by atoms with E-state index in [0.29, 0.717) is 17.8 Å². The number of nitrogens with zero attached hydrogens (tertiary/aromatic N) is 5. The topological polar surface area (TPSA) is 73.1 Å². The number of benzene rings is 1. The normalized spacial score (nSPS) is 26.9. The average molecular weight is 530 g/mol. The van der Waals surface area contributed by atoms with Crippen molar-refractivity contribution in [1.29, 1.82) is 0 Å². The summed E-state index contributed by atoms with van der Waals surface area (Å²) in [6.45, 7) is 7.81. The van der Waals surface area contributed by atoms with E-state index in [0.717, 1.165) is 54.1 Å². The smallest absolute Gasteiger partial charge is 0.410 e. The first-order chi connectivity index (χ1) is 18.2. The van der Waals surface area contributed by atoms with E-state index in [4.69, 9.17) is 14.7 Å². The Morgan fingerprint density at radius 3 is 2.53 bits per heavy atom. The van der Waals surface area contributed by atoms with Crippen LogP contribution in [0, 0.1) is 6.92 Å². The molecule has 1 aliphatic carbocycles. The fraction of sp³-hybridized carbons (Fsp3) is 0.533. The van der Waals surface area contributed by atoms with Gasteiger partial charge in [-0.3, -0.25) is 0 Å². The predicted octanol–water partition coefficient (Wildman–Crippen LogP) is 6.80. The van der Waals surface area contributed by atoms with Crippen LogP contribution in [-0.4, -0.2) is 48.2 Å². The van der Waals surface area contributed by atoms with Crippen LogP contribution in [0.2, 0.25) is 0 Å². The molecule has 8 heteroatoms. The van der Waals surface area contributed by atoms with E-state index in [9.17, 15) is 4.79 Å². The number of fused-ring (bicyclic) bond motifs is 4. The molecule has 198 valence electrons. The SMILES string of the molecule is Cc1nc(C2CC2c2ccc3c(c2)nc(C2C[C@H]4CC[C@@H](C2)N4C(=O)OC(C)(C)C)n3C)c2ccsc2n1. The number of ether oxygens (including phenoxy) is 1. The zero-order chi connectivity index (χ0) is 26.3. The van der Waals surface area contributed by atoms with Crippen molar-refractivity contribution < 1.29 is 9.53 Å². The Morgan fingerprint density at radius 2 is 1.79 bits per heavy atom. The molecule has 2 bridgehead atoms. The van der Waals surface area contributed by atoms with Gasteiger partial charge in [-0.1, -0.05) is 6.07 Å². The third-order valence-corrected chi connectivity index (χ3v) is 9.48. The second kappa shape index (κ2) is 8.50. The van der Waals surface area contributed by atoms with Crippen LogP contribution in [0.25, 0.3) is 21.3 Å². The first kappa shape index (κ1) is 24.1. The number of carbonyl (C=O) groups excluding carboxylic acids is 1. The van der Waals surface area contributed by atoms with Crippen LogP contribution in [0.15, 0.2) is 29.6 Å². The molecule has 38 heavy (non-hydrogen) atoms. The summed E-state index contributed by atoms with van der Waals surface area (Å²) in [5.74, 6) is 3.29. The van der Waals surface area contributed by atoms with E-state index >= 15 is 0 Å². The van der Waals surface area contributed by atoms with Crippen molar-refractivity contribution in [3.63, 3.8) is 0 Å². The lowest BCUT2D eigenvalue weighted by Crippen LogP contribution is -2.48. The number of rotatable bonds is 3. The highest BCUT2D eigenvalue weighted by atomic mass is 32.1. The monoisotopic (exact) mass is 529 g/mol. The molecule has 0 N–H and O–H groups in total. The van der Waals surface area contributed by atoms with Gasteiger partial charge in [0.25, 0.3) is 0 Å². The van der Waals surface area contributed by atoms with Crippen LogP contribution in [0.5, 0.6) is 0 Å². The Kier molecular flexibility index (Phi) is 5.38. The number of piperidine rings is 1. The zero-order valence-corrected chi connectivity index (χ0v) is 23.6. The molecule has 3 fully saturated rings. The van der Waals surface area contributed by atoms with Gasteiger partial charge < -0.3 is 14.2 Å². The summed E-state index contributed by atoms with van der Waals surface area (Å²) in [6, 6.07) is 9.47. The summed E-state index contributed by atoms with van der Waals surface area (Å²) in [6.07, 6.45) is 4.98. The van der Waals surface area contributed by atoms with E-state index in [1.165, 1.54) is 22.2 Å². The van der Waals surface area contributed by atoms with Gasteiger partial charge in [0.2, 0.25) is 0 Å². The van der Waals surface area contributed by atoms with E-state index < -0.39 is 5.60 Å². The lowest BCUT2D eigenvalue weighted by Gasteiger charge is -2.39. The Morgan fingerprint density at radius 1 is 1.03 bits per heavy atom. The van der Waals surface area contributed by atoms with E-state index in [-0.39, 0.29) is 18.2 Å². The number of hydrogen-bond acceptors (Lipinski definition) is 6. The molecule has 7 nitrogen and oxygen atoms in total. The van der Waals surface area contributed by atoms with Gasteiger partial charge in [0, 0.05) is 36.4 Å². The Balaban J connectivity index is 1.13. The summed E-state index contributed by atoms with van der Waals surface area (Å²) >= 11 is 1.69. The van der Waals surface area contributed by atoms with Crippen LogP contribution in [0.3, 0.4) is 0 Å². The molecule has 1 amide bonds. The third kappa shape index (κ3) is 3.99. The van der Waals surface area contributed by atoms with Crippen LogP contribution < -0.4 is 0 Å². The van der Waals surface area contributed by atoms with Gasteiger partial charge in [-0.15, -0.1) is 11.3 Å². The summed E-state index contributed by atoms with van der Waals surface area (Å²) in [5.41, 5.74) is 4.35. The maximum Gasteiger partial charge on any atom is 0.410 e. The molecule has 3 unspecified atom stereocenters. The lowest BCUT2D eigenvalue weighted by atomic mass is 9.90. The summed E-state index contributed by atoms with van der Waals surface area (Å²) < 4.78 is 8.01. The average Bonchev–Trinajstić information content (AvgIpc) is 3.27. The van der Waals surface area contributed by atoms with Crippen molar-refractivity contribution in [2.75, 3.05) is 0 Å². The quantitative estimate of drug-likeness (QED) is 0.292. The number of hydrogen-bond donors (Lipinski definition) is 0. The van der Waals surface area contributed by atoms with Crippen molar-refractivity contribution in [3.05, 3.63) is 52.6 Å². The van der Waals surface area contributed by atoms with Gasteiger partial charge in [0.05, 0.1) is 16.7 Å². The number of carbonyl (C=O) groups is 1. The first-order valence-corrected chi connectivity index (χ1v) is 14.7. The second-order valence-corrected chi connectivity index (χ2v) is 13.4. The van der Waals surface area contributed by atoms with E-state index in [1.807, 2.05) is 32.6 Å². The van der Waals surface area contributed by atoms with Crippen LogP contribution >= 0.6 is 11.3 Å². The molecule has 2 aliphatic heterocycles. The van der Waals surface area contributed by atoms with Gasteiger partial charge >= 0.3 is 6.09 Å². The van der Waals surface area contributed by atoms with Gasteiger partial charge in [0.15, 0.2) is 0 Å². The number of amides is 1. The number of imidazole rings is 1. The van der Waals surface area contributed by atoms with Gasteiger partial charge in [-0.25, -0.2) is 19.7 Å². The Labute approximate surface area is 227 Å². The number of thiophene rings is 1. The molecule has 1 aromatic carbocycles. The maximum atomic E-state index is 12.9. The first-order valence-electron chi connectivity index (χ1n) is 13.9. The summed E-state index contributed by atoms with van der Waals surface area (Å²) in [4.78, 5) is 30.7. The molecule has 1 saturated carbocycles. The fourth-order valence-electron chi connectivity index (χ4n) is 6.97. The highest BCUT2D eigenvalue weighted by molar-refractivity contribution is 7.16. The van der Waals surface area contributed by atoms with Crippen molar-refractivity contribution >= 4 is 38.7 Å². The van der Waals surface area contributed by atoms with Crippen molar-refractivity contribution in [2.24, 2.45) is 7.05 Å². The Bertz CT molecular complexity index is 1550. The van der Waals surface area contributed by atoms with Crippen LogP contribution in [0.4, 0.5) is 4.79 Å². The molecular weight excluding hydrogens is 494 g/mol. The second-order valence-electron chi connectivity index (χ2n) is 12.5. The summed E-state index contributed by atoms with van der Waals surface area (Å²) in [5, 5.41) is 3.33. The number of aromatic nitrogens is 4. The fourth-order valence-corrected chi connectivity index (χ4v) is 7.79. The minimum Gasteiger partial charge on any atom is -0.444 e.